The SMILES string of the molecule is CCC.COc1ccc2c(C(=O)O)cc3cc4c(cc3c2c1)OCO4. The lowest BCUT2D eigenvalue weighted by atomic mass is 9.96. The van der Waals surface area contributed by atoms with Crippen molar-refractivity contribution in [2.24, 2.45) is 0 Å². The van der Waals surface area contributed by atoms with Gasteiger partial charge in [0.05, 0.1) is 12.7 Å². The molecule has 0 amide bonds. The number of ether oxygens (including phenoxy) is 3. The average molecular weight is 340 g/mol. The smallest absolute Gasteiger partial charge is 0.336 e. The number of aromatic carboxylic acids is 1. The minimum absolute atomic E-state index is 0.179. The van der Waals surface area contributed by atoms with Crippen LogP contribution in [0.5, 0.6) is 17.2 Å². The van der Waals surface area contributed by atoms with Crippen molar-refractivity contribution in [1.29, 1.82) is 0 Å². The summed E-state index contributed by atoms with van der Waals surface area (Å²) in [5.74, 6) is 1.01. The minimum atomic E-state index is -0.963. The number of rotatable bonds is 2. The van der Waals surface area contributed by atoms with Gasteiger partial charge in [-0.15, -0.1) is 0 Å². The van der Waals surface area contributed by atoms with Gasteiger partial charge < -0.3 is 19.3 Å². The molecule has 1 heterocycles. The zero-order valence-electron chi connectivity index (χ0n) is 14.5. The van der Waals surface area contributed by atoms with Crippen LogP contribution in [0.15, 0.2) is 36.4 Å². The van der Waals surface area contributed by atoms with Crippen LogP contribution in [0.1, 0.15) is 30.6 Å². The van der Waals surface area contributed by atoms with Crippen LogP contribution < -0.4 is 14.2 Å². The van der Waals surface area contributed by atoms with E-state index in [9.17, 15) is 9.90 Å². The summed E-state index contributed by atoms with van der Waals surface area (Å²) in [6, 6.07) is 10.7. The number of hydrogen-bond acceptors (Lipinski definition) is 4. The van der Waals surface area contributed by atoms with Gasteiger partial charge in [-0.05, 0) is 57.9 Å². The van der Waals surface area contributed by atoms with Crippen molar-refractivity contribution >= 4 is 27.5 Å². The molecule has 5 heteroatoms. The summed E-state index contributed by atoms with van der Waals surface area (Å²) in [6.45, 7) is 4.43. The monoisotopic (exact) mass is 340 g/mol. The van der Waals surface area contributed by atoms with Crippen molar-refractivity contribution in [3.63, 3.8) is 0 Å². The zero-order valence-corrected chi connectivity index (χ0v) is 14.5. The predicted molar refractivity (Wildman–Crippen MR) is 97.1 cm³/mol. The molecule has 1 aliphatic heterocycles. The number of fused-ring (bicyclic) bond motifs is 4. The average Bonchev–Trinajstić information content (AvgIpc) is 3.06. The van der Waals surface area contributed by atoms with Gasteiger partial charge in [0.1, 0.15) is 5.75 Å². The van der Waals surface area contributed by atoms with Crippen LogP contribution in [-0.4, -0.2) is 25.0 Å². The van der Waals surface area contributed by atoms with Crippen LogP contribution in [0.4, 0.5) is 0 Å². The van der Waals surface area contributed by atoms with Crippen LogP contribution in [0, 0.1) is 0 Å². The van der Waals surface area contributed by atoms with Crippen molar-refractivity contribution in [2.45, 2.75) is 20.3 Å². The first-order valence-corrected chi connectivity index (χ1v) is 8.16. The molecule has 25 heavy (non-hydrogen) atoms. The number of carboxylic acids is 1. The van der Waals surface area contributed by atoms with Crippen LogP contribution in [0.2, 0.25) is 0 Å². The predicted octanol–water partition coefficient (Wildman–Crippen LogP) is 4.84. The minimum Gasteiger partial charge on any atom is -0.497 e. The van der Waals surface area contributed by atoms with Crippen molar-refractivity contribution in [2.75, 3.05) is 13.9 Å². The van der Waals surface area contributed by atoms with Crippen molar-refractivity contribution in [1.82, 2.24) is 0 Å². The summed E-state index contributed by atoms with van der Waals surface area (Å²) in [5, 5.41) is 12.7. The quantitative estimate of drug-likeness (QED) is 0.676. The van der Waals surface area contributed by atoms with E-state index in [2.05, 4.69) is 13.8 Å². The number of methoxy groups -OCH3 is 1. The van der Waals surface area contributed by atoms with E-state index in [4.69, 9.17) is 14.2 Å². The summed E-state index contributed by atoms with van der Waals surface area (Å²) < 4.78 is 16.1. The number of carboxylic acid groups (broad SMARTS) is 1. The maximum absolute atomic E-state index is 11.6. The Hall–Kier alpha value is -2.95. The fourth-order valence-electron chi connectivity index (χ4n) is 2.83. The van der Waals surface area contributed by atoms with Crippen molar-refractivity contribution in [3.8, 4) is 17.2 Å². The second-order valence-electron chi connectivity index (χ2n) is 5.77. The maximum atomic E-state index is 11.6. The molecule has 130 valence electrons. The first kappa shape index (κ1) is 16.9. The molecule has 4 rings (SSSR count). The van der Waals surface area contributed by atoms with Crippen LogP contribution >= 0.6 is 0 Å². The van der Waals surface area contributed by atoms with E-state index < -0.39 is 5.97 Å². The summed E-state index contributed by atoms with van der Waals surface area (Å²) in [4.78, 5) is 11.6. The highest BCUT2D eigenvalue weighted by Gasteiger charge is 2.18. The van der Waals surface area contributed by atoms with Gasteiger partial charge in [0.2, 0.25) is 6.79 Å². The van der Waals surface area contributed by atoms with Crippen LogP contribution in [0.3, 0.4) is 0 Å². The van der Waals surface area contributed by atoms with E-state index in [1.54, 1.807) is 25.3 Å². The van der Waals surface area contributed by atoms with Gasteiger partial charge >= 0.3 is 5.97 Å². The summed E-state index contributed by atoms with van der Waals surface area (Å²) in [5.41, 5.74) is 0.254. The molecule has 0 radical (unpaired) electrons. The van der Waals surface area contributed by atoms with E-state index in [-0.39, 0.29) is 12.4 Å². The van der Waals surface area contributed by atoms with Gasteiger partial charge in [0.25, 0.3) is 0 Å². The topological polar surface area (TPSA) is 65.0 Å². The third kappa shape index (κ3) is 3.05. The highest BCUT2D eigenvalue weighted by Crippen LogP contribution is 2.40. The Morgan fingerprint density at radius 3 is 2.36 bits per heavy atom. The molecule has 0 aliphatic carbocycles. The van der Waals surface area contributed by atoms with E-state index in [1.807, 2.05) is 18.2 Å². The molecular formula is C20H20O5. The molecule has 0 saturated heterocycles. The maximum Gasteiger partial charge on any atom is 0.336 e. The Morgan fingerprint density at radius 2 is 1.72 bits per heavy atom. The Morgan fingerprint density at radius 1 is 1.04 bits per heavy atom. The second-order valence-corrected chi connectivity index (χ2v) is 5.77. The first-order valence-electron chi connectivity index (χ1n) is 8.16. The molecule has 0 atom stereocenters. The summed E-state index contributed by atoms with van der Waals surface area (Å²) in [7, 11) is 1.58. The summed E-state index contributed by atoms with van der Waals surface area (Å²) in [6.07, 6.45) is 1.25. The Balaban J connectivity index is 0.000000569. The third-order valence-corrected chi connectivity index (χ3v) is 3.88. The third-order valence-electron chi connectivity index (χ3n) is 3.88. The molecule has 0 unspecified atom stereocenters. The highest BCUT2D eigenvalue weighted by molar-refractivity contribution is 6.16. The van der Waals surface area contributed by atoms with E-state index in [1.165, 1.54) is 6.42 Å². The molecular weight excluding hydrogens is 320 g/mol. The molecule has 3 aromatic carbocycles. The largest absolute Gasteiger partial charge is 0.497 e. The zero-order chi connectivity index (χ0) is 18.0. The van der Waals surface area contributed by atoms with Crippen molar-refractivity contribution in [3.05, 3.63) is 42.0 Å². The van der Waals surface area contributed by atoms with Gasteiger partial charge in [0, 0.05) is 0 Å². The van der Waals surface area contributed by atoms with E-state index in [0.29, 0.717) is 22.6 Å². The lowest BCUT2D eigenvalue weighted by molar-refractivity contribution is 0.0699. The molecule has 1 N–H and O–H groups in total. The van der Waals surface area contributed by atoms with Crippen molar-refractivity contribution < 1.29 is 24.1 Å². The Kier molecular flexibility index (Phi) is 4.65. The van der Waals surface area contributed by atoms with Crippen LogP contribution in [0.25, 0.3) is 21.5 Å². The molecule has 0 bridgehead atoms. The highest BCUT2D eigenvalue weighted by atomic mass is 16.7. The molecule has 0 aromatic heterocycles. The Bertz CT molecular complexity index is 946. The molecule has 0 fully saturated rings. The van der Waals surface area contributed by atoms with Gasteiger partial charge in [-0.1, -0.05) is 20.3 Å². The van der Waals surface area contributed by atoms with Crippen LogP contribution in [-0.2, 0) is 0 Å². The van der Waals surface area contributed by atoms with E-state index >= 15 is 0 Å². The standard InChI is InChI=1S/C17H12O5.C3H8/c1-20-10-2-3-11-13(6-10)12-7-16-15(21-8-22-16)5-9(12)4-14(11)17(18)19;1-3-2/h2-7H,8H2,1H3,(H,18,19);3H2,1-2H3. The Labute approximate surface area is 145 Å². The summed E-state index contributed by atoms with van der Waals surface area (Å²) >= 11 is 0. The fourth-order valence-corrected chi connectivity index (χ4v) is 2.83. The lowest BCUT2D eigenvalue weighted by Gasteiger charge is -2.10. The molecule has 3 aromatic rings. The fraction of sp³-hybridized carbons (Fsp3) is 0.250. The number of benzene rings is 3. The van der Waals surface area contributed by atoms with Gasteiger partial charge in [-0.25, -0.2) is 4.79 Å². The molecule has 1 aliphatic rings. The second kappa shape index (κ2) is 6.89. The van der Waals surface area contributed by atoms with Gasteiger partial charge in [0.15, 0.2) is 11.5 Å². The first-order chi connectivity index (χ1) is 12.1. The normalized spacial score (nSPS) is 12.0. The van der Waals surface area contributed by atoms with Gasteiger partial charge in [-0.3, -0.25) is 0 Å². The lowest BCUT2D eigenvalue weighted by Crippen LogP contribution is -1.98. The van der Waals surface area contributed by atoms with Gasteiger partial charge in [-0.2, -0.15) is 0 Å². The molecule has 0 spiro atoms. The number of hydrogen-bond donors (Lipinski definition) is 1. The molecule has 5 nitrogen and oxygen atoms in total. The molecule has 0 saturated carbocycles. The van der Waals surface area contributed by atoms with E-state index in [0.717, 1.165) is 16.2 Å². The number of carbonyl (C=O) groups is 1.